The molecule has 1 heterocycles. The molecule has 0 aliphatic carbocycles. The molecule has 0 aliphatic heterocycles. The van der Waals surface area contributed by atoms with E-state index in [-0.39, 0.29) is 5.91 Å². The lowest BCUT2D eigenvalue weighted by molar-refractivity contribution is 0.0956. The van der Waals surface area contributed by atoms with Gasteiger partial charge in [0.25, 0.3) is 5.91 Å². The Morgan fingerprint density at radius 2 is 1.75 bits per heavy atom. The van der Waals surface area contributed by atoms with Gasteiger partial charge in [-0.15, -0.1) is 0 Å². The van der Waals surface area contributed by atoms with Crippen molar-refractivity contribution in [1.29, 1.82) is 0 Å². The van der Waals surface area contributed by atoms with Gasteiger partial charge in [0.2, 0.25) is 0 Å². The highest BCUT2D eigenvalue weighted by Gasteiger charge is 2.11. The Morgan fingerprint density at radius 1 is 0.969 bits per heavy atom. The zero-order chi connectivity index (χ0) is 22.3. The molecule has 4 nitrogen and oxygen atoms in total. The van der Waals surface area contributed by atoms with E-state index in [2.05, 4.69) is 27.6 Å². The first-order chi connectivity index (χ1) is 15.6. The molecule has 162 valence electrons. The molecule has 4 aromatic rings. The van der Waals surface area contributed by atoms with Gasteiger partial charge in [0.15, 0.2) is 0 Å². The van der Waals surface area contributed by atoms with Crippen LogP contribution in [-0.2, 0) is 5.75 Å². The van der Waals surface area contributed by atoms with Crippen LogP contribution in [0.1, 0.15) is 15.9 Å². The standard InChI is InChI=1S/C25H21Cl2N3OS/c26-20-10-11-21(22(27)14-20)24-15-23(29-30-24)18-6-8-19(9-7-18)25(31)28-12-13-32-16-17-4-2-1-3-5-17/h1-11,14-15H,12-13,16H2,(H,28,31)(H,29,30). The van der Waals surface area contributed by atoms with Crippen molar-refractivity contribution in [3.8, 4) is 22.5 Å². The van der Waals surface area contributed by atoms with Gasteiger partial charge in [-0.05, 0) is 42.0 Å². The Bertz CT molecular complexity index is 1190. The van der Waals surface area contributed by atoms with Gasteiger partial charge >= 0.3 is 0 Å². The van der Waals surface area contributed by atoms with Gasteiger partial charge in [-0.3, -0.25) is 9.89 Å². The summed E-state index contributed by atoms with van der Waals surface area (Å²) in [6, 6.07) is 25.0. The number of halogens is 2. The Kier molecular flexibility index (Phi) is 7.53. The summed E-state index contributed by atoms with van der Waals surface area (Å²) in [6.45, 7) is 0.628. The fraction of sp³-hybridized carbons (Fsp3) is 0.120. The molecule has 1 aromatic heterocycles. The first-order valence-electron chi connectivity index (χ1n) is 10.1. The maximum Gasteiger partial charge on any atom is 0.251 e. The summed E-state index contributed by atoms with van der Waals surface area (Å²) in [5.74, 6) is 1.73. The van der Waals surface area contributed by atoms with Crippen molar-refractivity contribution in [3.05, 3.63) is 100 Å². The summed E-state index contributed by atoms with van der Waals surface area (Å²) in [7, 11) is 0. The van der Waals surface area contributed by atoms with Gasteiger partial charge in [0, 0.05) is 39.8 Å². The van der Waals surface area contributed by atoms with E-state index in [4.69, 9.17) is 23.2 Å². The molecular weight excluding hydrogens is 461 g/mol. The number of nitrogens with one attached hydrogen (secondary N) is 2. The van der Waals surface area contributed by atoms with E-state index in [1.54, 1.807) is 23.9 Å². The number of nitrogens with zero attached hydrogens (tertiary/aromatic N) is 1. The van der Waals surface area contributed by atoms with Gasteiger partial charge in [0.1, 0.15) is 0 Å². The molecule has 0 fully saturated rings. The minimum atomic E-state index is -0.0764. The molecule has 0 bridgehead atoms. The summed E-state index contributed by atoms with van der Waals surface area (Å²) >= 11 is 14.1. The number of aromatic amines is 1. The van der Waals surface area contributed by atoms with E-state index in [1.165, 1.54) is 5.56 Å². The lowest BCUT2D eigenvalue weighted by Gasteiger charge is -2.06. The molecule has 0 unspecified atom stereocenters. The van der Waals surface area contributed by atoms with E-state index in [9.17, 15) is 4.79 Å². The molecule has 4 rings (SSSR count). The number of hydrogen-bond acceptors (Lipinski definition) is 3. The van der Waals surface area contributed by atoms with Crippen molar-refractivity contribution >= 4 is 40.9 Å². The zero-order valence-corrected chi connectivity index (χ0v) is 19.5. The smallest absolute Gasteiger partial charge is 0.251 e. The third-order valence-electron chi connectivity index (χ3n) is 4.89. The van der Waals surface area contributed by atoms with Gasteiger partial charge in [-0.1, -0.05) is 65.7 Å². The van der Waals surface area contributed by atoms with Crippen LogP contribution in [0.4, 0.5) is 0 Å². The van der Waals surface area contributed by atoms with Crippen LogP contribution < -0.4 is 5.32 Å². The number of carbonyl (C=O) groups excluding carboxylic acids is 1. The Balaban J connectivity index is 1.31. The lowest BCUT2D eigenvalue weighted by atomic mass is 10.1. The summed E-state index contributed by atoms with van der Waals surface area (Å²) in [5.41, 5.74) is 5.23. The highest BCUT2D eigenvalue weighted by molar-refractivity contribution is 7.98. The van der Waals surface area contributed by atoms with Crippen LogP contribution in [-0.4, -0.2) is 28.4 Å². The van der Waals surface area contributed by atoms with Crippen LogP contribution in [0.5, 0.6) is 0 Å². The largest absolute Gasteiger partial charge is 0.351 e. The summed E-state index contributed by atoms with van der Waals surface area (Å²) in [4.78, 5) is 12.4. The lowest BCUT2D eigenvalue weighted by Crippen LogP contribution is -2.25. The predicted octanol–water partition coefficient (Wildman–Crippen LogP) is 6.71. The number of H-pyrrole nitrogens is 1. The van der Waals surface area contributed by atoms with Gasteiger partial charge in [-0.25, -0.2) is 0 Å². The molecule has 1 amide bonds. The van der Waals surface area contributed by atoms with Gasteiger partial charge in [-0.2, -0.15) is 16.9 Å². The molecule has 32 heavy (non-hydrogen) atoms. The van der Waals surface area contributed by atoms with Crippen LogP contribution in [0.3, 0.4) is 0 Å². The number of carbonyl (C=O) groups is 1. The number of benzene rings is 3. The SMILES string of the molecule is O=C(NCCSCc1ccccc1)c1ccc(-c2cc(-c3ccc(Cl)cc3Cl)[nH]n2)cc1. The van der Waals surface area contributed by atoms with Crippen LogP contribution in [0.15, 0.2) is 78.9 Å². The number of aromatic nitrogens is 2. The highest BCUT2D eigenvalue weighted by atomic mass is 35.5. The third kappa shape index (κ3) is 5.74. The van der Waals surface area contributed by atoms with Crippen LogP contribution >= 0.6 is 35.0 Å². The summed E-state index contributed by atoms with van der Waals surface area (Å²) in [6.07, 6.45) is 0. The van der Waals surface area contributed by atoms with Gasteiger partial charge in [0.05, 0.1) is 16.4 Å². The minimum absolute atomic E-state index is 0.0764. The fourth-order valence-electron chi connectivity index (χ4n) is 3.21. The van der Waals surface area contributed by atoms with Crippen molar-refractivity contribution in [2.24, 2.45) is 0 Å². The van der Waals surface area contributed by atoms with Crippen LogP contribution in [0.25, 0.3) is 22.5 Å². The maximum absolute atomic E-state index is 12.4. The van der Waals surface area contributed by atoms with Crippen molar-refractivity contribution in [1.82, 2.24) is 15.5 Å². The zero-order valence-electron chi connectivity index (χ0n) is 17.1. The van der Waals surface area contributed by atoms with Crippen LogP contribution in [0.2, 0.25) is 10.0 Å². The second-order valence-electron chi connectivity index (χ2n) is 7.16. The van der Waals surface area contributed by atoms with Crippen molar-refractivity contribution in [2.45, 2.75) is 5.75 Å². The molecule has 0 atom stereocenters. The second-order valence-corrected chi connectivity index (χ2v) is 9.11. The Labute approximate surface area is 201 Å². The predicted molar refractivity (Wildman–Crippen MR) is 134 cm³/mol. The molecule has 0 aliphatic rings. The molecule has 0 saturated heterocycles. The quantitative estimate of drug-likeness (QED) is 0.274. The molecule has 2 N–H and O–H groups in total. The van der Waals surface area contributed by atoms with E-state index in [0.717, 1.165) is 34.0 Å². The van der Waals surface area contributed by atoms with E-state index < -0.39 is 0 Å². The van der Waals surface area contributed by atoms with E-state index >= 15 is 0 Å². The van der Waals surface area contributed by atoms with E-state index in [0.29, 0.717) is 22.2 Å². The number of amides is 1. The third-order valence-corrected chi connectivity index (χ3v) is 6.46. The van der Waals surface area contributed by atoms with Gasteiger partial charge < -0.3 is 5.32 Å². The average Bonchev–Trinajstić information content (AvgIpc) is 3.29. The average molecular weight is 482 g/mol. The van der Waals surface area contributed by atoms with Crippen molar-refractivity contribution < 1.29 is 4.79 Å². The monoisotopic (exact) mass is 481 g/mol. The first kappa shape index (κ1) is 22.5. The number of hydrogen-bond donors (Lipinski definition) is 2. The first-order valence-corrected chi connectivity index (χ1v) is 12.0. The summed E-state index contributed by atoms with van der Waals surface area (Å²) in [5, 5.41) is 11.5. The molecule has 3 aromatic carbocycles. The highest BCUT2D eigenvalue weighted by Crippen LogP contribution is 2.31. The van der Waals surface area contributed by atoms with Crippen molar-refractivity contribution in [3.63, 3.8) is 0 Å². The normalized spacial score (nSPS) is 10.8. The van der Waals surface area contributed by atoms with E-state index in [1.807, 2.05) is 54.6 Å². The summed E-state index contributed by atoms with van der Waals surface area (Å²) < 4.78 is 0. The topological polar surface area (TPSA) is 57.8 Å². The second kappa shape index (κ2) is 10.7. The van der Waals surface area contributed by atoms with Crippen LogP contribution in [0, 0.1) is 0 Å². The minimum Gasteiger partial charge on any atom is -0.351 e. The number of thioether (sulfide) groups is 1. The van der Waals surface area contributed by atoms with Crippen molar-refractivity contribution in [2.75, 3.05) is 12.3 Å². The molecular formula is C25H21Cl2N3OS. The fourth-order valence-corrected chi connectivity index (χ4v) is 4.54. The maximum atomic E-state index is 12.4. The molecule has 7 heteroatoms. The Hall–Kier alpha value is -2.73. The number of rotatable bonds is 8. The Morgan fingerprint density at radius 3 is 2.50 bits per heavy atom. The molecule has 0 saturated carbocycles. The molecule has 0 spiro atoms. The molecule has 0 radical (unpaired) electrons.